The van der Waals surface area contributed by atoms with E-state index in [1.54, 1.807) is 32.6 Å². The highest BCUT2D eigenvalue weighted by atomic mass is 16.5. The monoisotopic (exact) mass is 354 g/mol. The van der Waals surface area contributed by atoms with E-state index < -0.39 is 0 Å². The van der Waals surface area contributed by atoms with Crippen LogP contribution in [0.3, 0.4) is 0 Å². The Morgan fingerprint density at radius 3 is 2.81 bits per heavy atom. The van der Waals surface area contributed by atoms with Crippen LogP contribution in [0.25, 0.3) is 0 Å². The second-order valence-electron chi connectivity index (χ2n) is 5.91. The van der Waals surface area contributed by atoms with Gasteiger partial charge >= 0.3 is 0 Å². The first-order valence-corrected chi connectivity index (χ1v) is 8.67. The van der Waals surface area contributed by atoms with E-state index in [0.29, 0.717) is 17.0 Å². The summed E-state index contributed by atoms with van der Waals surface area (Å²) in [5, 5.41) is 2.86. The number of methoxy groups -OCH3 is 2. The lowest BCUT2D eigenvalue weighted by atomic mass is 9.99. The van der Waals surface area contributed by atoms with Gasteiger partial charge in [-0.1, -0.05) is 24.3 Å². The Bertz CT molecular complexity index is 760. The highest BCUT2D eigenvalue weighted by Gasteiger charge is 2.15. The molecule has 0 heterocycles. The van der Waals surface area contributed by atoms with Crippen LogP contribution in [0.2, 0.25) is 0 Å². The number of nitrogens with zero attached hydrogens (tertiary/aromatic N) is 1. The third-order valence-electron chi connectivity index (χ3n) is 4.19. The Kier molecular flexibility index (Phi) is 7.21. The predicted octanol–water partition coefficient (Wildman–Crippen LogP) is 4.29. The predicted molar refractivity (Wildman–Crippen MR) is 106 cm³/mol. The van der Waals surface area contributed by atoms with Crippen molar-refractivity contribution in [3.8, 4) is 5.75 Å². The average Bonchev–Trinajstić information content (AvgIpc) is 2.68. The summed E-state index contributed by atoms with van der Waals surface area (Å²) in [4.78, 5) is 17.0. The number of hydrogen-bond donors (Lipinski definition) is 1. The third kappa shape index (κ3) is 5.09. The summed E-state index contributed by atoms with van der Waals surface area (Å²) in [7, 11) is 3.28. The van der Waals surface area contributed by atoms with E-state index in [2.05, 4.69) is 22.5 Å². The Labute approximate surface area is 155 Å². The maximum Gasteiger partial charge on any atom is 0.256 e. The molecule has 26 heavy (non-hydrogen) atoms. The van der Waals surface area contributed by atoms with Gasteiger partial charge in [0.2, 0.25) is 0 Å². The van der Waals surface area contributed by atoms with Crippen molar-refractivity contribution in [1.82, 2.24) is 0 Å². The number of nitrogens with one attached hydrogen (secondary N) is 1. The molecule has 0 aliphatic heterocycles. The van der Waals surface area contributed by atoms with Gasteiger partial charge in [0, 0.05) is 30.0 Å². The van der Waals surface area contributed by atoms with Crippen molar-refractivity contribution in [3.63, 3.8) is 0 Å². The van der Waals surface area contributed by atoms with Gasteiger partial charge < -0.3 is 14.8 Å². The van der Waals surface area contributed by atoms with Gasteiger partial charge in [-0.15, -0.1) is 0 Å². The van der Waals surface area contributed by atoms with E-state index in [9.17, 15) is 4.79 Å². The van der Waals surface area contributed by atoms with Crippen molar-refractivity contribution in [2.75, 3.05) is 19.5 Å². The molecular weight excluding hydrogens is 328 g/mol. The lowest BCUT2D eigenvalue weighted by molar-refractivity contribution is -0.112. The summed E-state index contributed by atoms with van der Waals surface area (Å²) in [6.45, 7) is 3.81. The summed E-state index contributed by atoms with van der Waals surface area (Å²) in [5.74, 6) is 1.44. The van der Waals surface area contributed by atoms with Crippen molar-refractivity contribution in [3.05, 3.63) is 59.4 Å². The quantitative estimate of drug-likeness (QED) is 0.587. The van der Waals surface area contributed by atoms with Gasteiger partial charge in [-0.05, 0) is 32.4 Å². The summed E-state index contributed by atoms with van der Waals surface area (Å²) < 4.78 is 10.6. The van der Waals surface area contributed by atoms with Gasteiger partial charge in [0.15, 0.2) is 0 Å². The van der Waals surface area contributed by atoms with E-state index in [0.717, 1.165) is 24.2 Å². The molecule has 1 unspecified atom stereocenters. The molecule has 1 aliphatic rings. The molecule has 1 aliphatic carbocycles. The van der Waals surface area contributed by atoms with E-state index in [1.807, 2.05) is 32.0 Å². The molecule has 0 saturated carbocycles. The van der Waals surface area contributed by atoms with Gasteiger partial charge in [0.05, 0.1) is 25.8 Å². The van der Waals surface area contributed by atoms with Crippen LogP contribution >= 0.6 is 0 Å². The zero-order valence-corrected chi connectivity index (χ0v) is 15.8. The van der Waals surface area contributed by atoms with Crippen LogP contribution in [0, 0.1) is 0 Å². The van der Waals surface area contributed by atoms with E-state index in [-0.39, 0.29) is 11.9 Å². The molecule has 0 saturated heterocycles. The first-order chi connectivity index (χ1) is 12.6. The number of benzene rings is 1. The van der Waals surface area contributed by atoms with Crippen molar-refractivity contribution in [2.45, 2.75) is 32.7 Å². The molecule has 1 aromatic rings. The van der Waals surface area contributed by atoms with Crippen LogP contribution in [0.4, 0.5) is 5.69 Å². The Morgan fingerprint density at radius 2 is 2.12 bits per heavy atom. The standard InChI is InChI=1S/C21H26N2O3/c1-5-16(21(24)23-17-9-8-10-18(13-17)25-3)14-22-15(2)19-11-6-7-12-20(19)26-4/h5-6,8-11,13-15H,7,12H2,1-4H3,(H,23,24)/b16-5+,22-14?. The van der Waals surface area contributed by atoms with Crippen LogP contribution in [0.15, 0.2) is 64.4 Å². The minimum atomic E-state index is -0.211. The molecule has 1 atom stereocenters. The minimum Gasteiger partial charge on any atom is -0.501 e. The highest BCUT2D eigenvalue weighted by molar-refractivity contribution is 6.17. The number of ether oxygens (including phenoxy) is 2. The number of allylic oxidation sites excluding steroid dienone is 3. The van der Waals surface area contributed by atoms with Crippen LogP contribution in [0.1, 0.15) is 26.7 Å². The summed E-state index contributed by atoms with van der Waals surface area (Å²) in [5.41, 5.74) is 2.23. The second kappa shape index (κ2) is 9.61. The first-order valence-electron chi connectivity index (χ1n) is 8.67. The molecule has 0 aromatic heterocycles. The zero-order chi connectivity index (χ0) is 18.9. The summed E-state index contributed by atoms with van der Waals surface area (Å²) >= 11 is 0. The first kappa shape index (κ1) is 19.5. The molecule has 1 N–H and O–H groups in total. The topological polar surface area (TPSA) is 59.9 Å². The molecule has 138 valence electrons. The lowest BCUT2D eigenvalue weighted by Crippen LogP contribution is -2.16. The second-order valence-corrected chi connectivity index (χ2v) is 5.91. The van der Waals surface area contributed by atoms with Crippen molar-refractivity contribution in [1.29, 1.82) is 0 Å². The molecule has 5 heteroatoms. The number of hydrogen-bond acceptors (Lipinski definition) is 4. The van der Waals surface area contributed by atoms with Crippen LogP contribution in [0.5, 0.6) is 5.75 Å². The molecule has 1 aromatic carbocycles. The molecule has 0 spiro atoms. The minimum absolute atomic E-state index is 0.0823. The van der Waals surface area contributed by atoms with Crippen molar-refractivity contribution in [2.24, 2.45) is 4.99 Å². The van der Waals surface area contributed by atoms with Crippen LogP contribution in [-0.4, -0.2) is 32.4 Å². The summed E-state index contributed by atoms with van der Waals surface area (Å²) in [6, 6.07) is 7.16. The fourth-order valence-corrected chi connectivity index (χ4v) is 2.69. The SMILES string of the molecule is C/C=C(\C=NC(C)C1=C(OC)CCC=C1)C(=O)Nc1cccc(OC)c1. The Morgan fingerprint density at radius 1 is 1.31 bits per heavy atom. The lowest BCUT2D eigenvalue weighted by Gasteiger charge is -2.17. The van der Waals surface area contributed by atoms with E-state index in [1.165, 1.54) is 0 Å². The maximum atomic E-state index is 12.5. The molecule has 1 amide bonds. The number of amides is 1. The molecule has 0 radical (unpaired) electrons. The van der Waals surface area contributed by atoms with Gasteiger partial charge in [-0.3, -0.25) is 9.79 Å². The average molecular weight is 354 g/mol. The maximum absolute atomic E-state index is 12.5. The number of aliphatic imine (C=N–C) groups is 1. The highest BCUT2D eigenvalue weighted by Crippen LogP contribution is 2.23. The van der Waals surface area contributed by atoms with E-state index in [4.69, 9.17) is 9.47 Å². The largest absolute Gasteiger partial charge is 0.501 e. The van der Waals surface area contributed by atoms with Crippen molar-refractivity contribution < 1.29 is 14.3 Å². The molecule has 2 rings (SSSR count). The number of anilines is 1. The van der Waals surface area contributed by atoms with Gasteiger partial charge in [-0.25, -0.2) is 0 Å². The van der Waals surface area contributed by atoms with Gasteiger partial charge in [0.25, 0.3) is 5.91 Å². The number of rotatable bonds is 7. The van der Waals surface area contributed by atoms with Crippen molar-refractivity contribution >= 4 is 17.8 Å². The van der Waals surface area contributed by atoms with E-state index >= 15 is 0 Å². The fraction of sp³-hybridized carbons (Fsp3) is 0.333. The normalized spacial score (nSPS) is 15.9. The smallest absolute Gasteiger partial charge is 0.256 e. The molecule has 0 bridgehead atoms. The van der Waals surface area contributed by atoms with Crippen LogP contribution < -0.4 is 10.1 Å². The fourth-order valence-electron chi connectivity index (χ4n) is 2.69. The Hall–Kier alpha value is -2.82. The van der Waals surface area contributed by atoms with Crippen LogP contribution in [-0.2, 0) is 9.53 Å². The molecule has 5 nitrogen and oxygen atoms in total. The van der Waals surface area contributed by atoms with Gasteiger partial charge in [-0.2, -0.15) is 0 Å². The number of carbonyl (C=O) groups excluding carboxylic acids is 1. The van der Waals surface area contributed by atoms with Gasteiger partial charge in [0.1, 0.15) is 11.5 Å². The number of carbonyl (C=O) groups is 1. The third-order valence-corrected chi connectivity index (χ3v) is 4.19. The Balaban J connectivity index is 2.08. The molecule has 0 fully saturated rings. The molecular formula is C21H26N2O3. The summed E-state index contributed by atoms with van der Waals surface area (Å²) in [6.07, 6.45) is 9.39. The zero-order valence-electron chi connectivity index (χ0n) is 15.8.